The zero-order valence-electron chi connectivity index (χ0n) is 14.8. The second-order valence-corrected chi connectivity index (χ2v) is 7.02. The highest BCUT2D eigenvalue weighted by Crippen LogP contribution is 2.29. The molecule has 0 saturated carbocycles. The van der Waals surface area contributed by atoms with Crippen molar-refractivity contribution >= 4 is 34.4 Å². The van der Waals surface area contributed by atoms with Gasteiger partial charge in [0, 0.05) is 36.1 Å². The molecule has 1 amide bonds. The molecule has 3 rings (SSSR count). The van der Waals surface area contributed by atoms with Crippen LogP contribution in [-0.2, 0) is 4.79 Å². The van der Waals surface area contributed by atoms with Crippen LogP contribution in [0.15, 0.2) is 46.0 Å². The lowest BCUT2D eigenvalue weighted by Gasteiger charge is -2.16. The Bertz CT molecular complexity index is 977. The molecule has 0 aliphatic carbocycles. The van der Waals surface area contributed by atoms with Gasteiger partial charge in [0.1, 0.15) is 5.82 Å². The van der Waals surface area contributed by atoms with Gasteiger partial charge in [-0.3, -0.25) is 9.59 Å². The minimum absolute atomic E-state index is 0.105. The van der Waals surface area contributed by atoms with Crippen LogP contribution >= 0.6 is 11.3 Å². The van der Waals surface area contributed by atoms with Crippen molar-refractivity contribution in [2.75, 3.05) is 10.6 Å². The smallest absolute Gasteiger partial charge is 0.256 e. The van der Waals surface area contributed by atoms with Crippen LogP contribution in [0.1, 0.15) is 32.4 Å². The number of amides is 1. The maximum absolute atomic E-state index is 12.5. The molecule has 6 nitrogen and oxygen atoms in total. The molecule has 0 aliphatic rings. The highest BCUT2D eigenvalue weighted by atomic mass is 32.1. The molecular formula is C19H20N4O2S. The maximum Gasteiger partial charge on any atom is 0.256 e. The van der Waals surface area contributed by atoms with Gasteiger partial charge in [-0.1, -0.05) is 13.8 Å². The highest BCUT2D eigenvalue weighted by Gasteiger charge is 2.14. The predicted molar refractivity (Wildman–Crippen MR) is 106 cm³/mol. The van der Waals surface area contributed by atoms with Gasteiger partial charge in [0.15, 0.2) is 0 Å². The Morgan fingerprint density at radius 3 is 2.73 bits per heavy atom. The molecule has 0 aromatic carbocycles. The number of nitrogens with one attached hydrogen (secondary N) is 3. The van der Waals surface area contributed by atoms with Gasteiger partial charge >= 0.3 is 0 Å². The quantitative estimate of drug-likeness (QED) is 0.626. The van der Waals surface area contributed by atoms with E-state index in [1.165, 1.54) is 6.92 Å². The number of hydrogen-bond acceptors (Lipinski definition) is 5. The van der Waals surface area contributed by atoms with Crippen molar-refractivity contribution in [3.05, 3.63) is 57.3 Å². The lowest BCUT2D eigenvalue weighted by Crippen LogP contribution is -2.14. The van der Waals surface area contributed by atoms with Crippen LogP contribution in [0.25, 0.3) is 11.1 Å². The van der Waals surface area contributed by atoms with Crippen molar-refractivity contribution in [2.24, 2.45) is 0 Å². The Balaban J connectivity index is 2.02. The van der Waals surface area contributed by atoms with Gasteiger partial charge in [0.2, 0.25) is 5.91 Å². The average Bonchev–Trinajstić information content (AvgIpc) is 3.10. The third kappa shape index (κ3) is 4.00. The predicted octanol–water partition coefficient (Wildman–Crippen LogP) is 4.32. The molecule has 7 heteroatoms. The van der Waals surface area contributed by atoms with E-state index < -0.39 is 0 Å². The number of H-pyrrole nitrogens is 1. The van der Waals surface area contributed by atoms with Crippen molar-refractivity contribution in [1.82, 2.24) is 9.97 Å². The molecule has 0 atom stereocenters. The molecule has 3 aromatic rings. The number of aromatic amines is 1. The molecule has 3 heterocycles. The van der Waals surface area contributed by atoms with Crippen LogP contribution in [0.2, 0.25) is 0 Å². The number of anilines is 3. The molecule has 0 unspecified atom stereocenters. The number of thiophene rings is 1. The molecule has 3 N–H and O–H groups in total. The third-order valence-corrected chi connectivity index (χ3v) is 4.51. The fourth-order valence-corrected chi connectivity index (χ4v) is 3.30. The van der Waals surface area contributed by atoms with Crippen LogP contribution in [0, 0.1) is 0 Å². The Kier molecular flexibility index (Phi) is 5.18. The van der Waals surface area contributed by atoms with Gasteiger partial charge in [0.05, 0.1) is 5.69 Å². The van der Waals surface area contributed by atoms with Crippen molar-refractivity contribution in [3.63, 3.8) is 0 Å². The first-order valence-corrected chi connectivity index (χ1v) is 9.19. The number of pyridine rings is 2. The number of aromatic nitrogens is 2. The Hall–Kier alpha value is -2.93. The van der Waals surface area contributed by atoms with Gasteiger partial charge in [-0.05, 0) is 40.4 Å². The molecular weight excluding hydrogens is 348 g/mol. The normalized spacial score (nSPS) is 10.8. The fraction of sp³-hybridized carbons (Fsp3) is 0.211. The van der Waals surface area contributed by atoms with Gasteiger partial charge in [-0.15, -0.1) is 0 Å². The van der Waals surface area contributed by atoms with Gasteiger partial charge < -0.3 is 15.6 Å². The summed E-state index contributed by atoms with van der Waals surface area (Å²) in [7, 11) is 0. The maximum atomic E-state index is 12.5. The number of carbonyl (C=O) groups is 1. The first kappa shape index (κ1) is 17.9. The summed E-state index contributed by atoms with van der Waals surface area (Å²) in [6.45, 7) is 5.49. The number of hydrogen-bond donors (Lipinski definition) is 3. The summed E-state index contributed by atoms with van der Waals surface area (Å²) >= 11 is 1.55. The second kappa shape index (κ2) is 7.53. The molecule has 134 valence electrons. The van der Waals surface area contributed by atoms with Gasteiger partial charge in [0.25, 0.3) is 5.56 Å². The summed E-state index contributed by atoms with van der Waals surface area (Å²) in [5, 5.41) is 9.90. The second-order valence-electron chi connectivity index (χ2n) is 6.24. The number of carbonyl (C=O) groups excluding carboxylic acids is 1. The largest absolute Gasteiger partial charge is 0.354 e. The van der Waals surface area contributed by atoms with Crippen LogP contribution in [0.4, 0.5) is 17.2 Å². The Morgan fingerprint density at radius 2 is 2.08 bits per heavy atom. The zero-order chi connectivity index (χ0) is 18.7. The van der Waals surface area contributed by atoms with Crippen LogP contribution in [0.3, 0.4) is 0 Å². The monoisotopic (exact) mass is 368 g/mol. The van der Waals surface area contributed by atoms with E-state index in [-0.39, 0.29) is 17.4 Å². The standard InChI is InChI=1S/C19H20N4O2S/c1-11(2)18-16(9-15(19(25)23-18)13-5-7-26-10-13)22-14-4-6-20-17(8-14)21-12(3)24/h4-11H,1-3H3,(H,23,25)(H2,20,21,22,24). The third-order valence-electron chi connectivity index (χ3n) is 3.82. The summed E-state index contributed by atoms with van der Waals surface area (Å²) < 4.78 is 0. The summed E-state index contributed by atoms with van der Waals surface area (Å²) in [5.41, 5.74) is 3.82. The molecule has 3 aromatic heterocycles. The van der Waals surface area contributed by atoms with E-state index in [1.807, 2.05) is 42.8 Å². The van der Waals surface area contributed by atoms with Crippen LogP contribution in [0.5, 0.6) is 0 Å². The van der Waals surface area contributed by atoms with E-state index in [1.54, 1.807) is 23.6 Å². The fourth-order valence-electron chi connectivity index (χ4n) is 2.65. The SMILES string of the molecule is CC(=O)Nc1cc(Nc2cc(-c3ccsc3)c(=O)[nH]c2C(C)C)ccn1. The van der Waals surface area contributed by atoms with E-state index in [4.69, 9.17) is 0 Å². The molecule has 0 saturated heterocycles. The van der Waals surface area contributed by atoms with Crippen molar-refractivity contribution in [3.8, 4) is 11.1 Å². The van der Waals surface area contributed by atoms with Crippen molar-refractivity contribution in [1.29, 1.82) is 0 Å². The minimum Gasteiger partial charge on any atom is -0.354 e. The molecule has 26 heavy (non-hydrogen) atoms. The van der Waals surface area contributed by atoms with Gasteiger partial charge in [-0.25, -0.2) is 4.98 Å². The summed E-state index contributed by atoms with van der Waals surface area (Å²) in [6, 6.07) is 7.36. The Labute approximate surface area is 155 Å². The summed E-state index contributed by atoms with van der Waals surface area (Å²) in [6.07, 6.45) is 1.62. The molecule has 0 radical (unpaired) electrons. The number of rotatable bonds is 5. The summed E-state index contributed by atoms with van der Waals surface area (Å²) in [5.74, 6) is 0.427. The zero-order valence-corrected chi connectivity index (χ0v) is 15.6. The molecule has 0 spiro atoms. The van der Waals surface area contributed by atoms with Crippen molar-refractivity contribution < 1.29 is 4.79 Å². The lowest BCUT2D eigenvalue weighted by atomic mass is 10.0. The minimum atomic E-state index is -0.179. The van der Waals surface area contributed by atoms with Gasteiger partial charge in [-0.2, -0.15) is 11.3 Å². The van der Waals surface area contributed by atoms with E-state index in [2.05, 4.69) is 20.6 Å². The average molecular weight is 368 g/mol. The molecule has 0 fully saturated rings. The van der Waals surface area contributed by atoms with Crippen LogP contribution < -0.4 is 16.2 Å². The van der Waals surface area contributed by atoms with Crippen LogP contribution in [-0.4, -0.2) is 15.9 Å². The van der Waals surface area contributed by atoms with E-state index in [0.717, 1.165) is 22.6 Å². The van der Waals surface area contributed by atoms with E-state index in [9.17, 15) is 9.59 Å². The molecule has 0 bridgehead atoms. The summed E-state index contributed by atoms with van der Waals surface area (Å²) in [4.78, 5) is 30.8. The van der Waals surface area contributed by atoms with E-state index >= 15 is 0 Å². The number of nitrogens with zero attached hydrogens (tertiary/aromatic N) is 1. The molecule has 0 aliphatic heterocycles. The Morgan fingerprint density at radius 1 is 1.27 bits per heavy atom. The first-order chi connectivity index (χ1) is 12.4. The first-order valence-electron chi connectivity index (χ1n) is 8.24. The van der Waals surface area contributed by atoms with Crippen molar-refractivity contribution in [2.45, 2.75) is 26.7 Å². The van der Waals surface area contributed by atoms with E-state index in [0.29, 0.717) is 11.4 Å². The topological polar surface area (TPSA) is 86.9 Å². The lowest BCUT2D eigenvalue weighted by molar-refractivity contribution is -0.114. The highest BCUT2D eigenvalue weighted by molar-refractivity contribution is 7.08.